The summed E-state index contributed by atoms with van der Waals surface area (Å²) in [6.07, 6.45) is 3.29. The molecule has 0 aliphatic heterocycles. The molecule has 0 saturated carbocycles. The summed E-state index contributed by atoms with van der Waals surface area (Å²) in [5.74, 6) is -0.195. The summed E-state index contributed by atoms with van der Waals surface area (Å²) in [6, 6.07) is -0.398. The van der Waals surface area contributed by atoms with Gasteiger partial charge in [-0.1, -0.05) is 0 Å². The molecule has 0 aromatic carbocycles. The average Bonchev–Trinajstić information content (AvgIpc) is 2.09. The van der Waals surface area contributed by atoms with E-state index in [0.717, 1.165) is 12.7 Å². The molecule has 5 heteroatoms. The number of aldehydes is 1. The molecule has 0 fully saturated rings. The Kier molecular flexibility index (Phi) is 6.49. The summed E-state index contributed by atoms with van der Waals surface area (Å²) in [6.45, 7) is 1.97. The number of nitrogens with zero attached hydrogens (tertiary/aromatic N) is 1. The van der Waals surface area contributed by atoms with Crippen LogP contribution in [0.3, 0.4) is 0 Å². The van der Waals surface area contributed by atoms with Gasteiger partial charge in [0.15, 0.2) is 0 Å². The normalized spacial score (nSPS) is 12.7. The Bertz CT molecular complexity index is 192. The second kappa shape index (κ2) is 7.27. The Morgan fingerprint density at radius 1 is 1.69 bits per heavy atom. The molecule has 13 heavy (non-hydrogen) atoms. The molecule has 0 spiro atoms. The first kappa shape index (κ1) is 11.6. The van der Waals surface area contributed by atoms with Crippen LogP contribution in [0.25, 0.3) is 0 Å². The van der Waals surface area contributed by atoms with Crippen molar-refractivity contribution >= 4 is 18.5 Å². The van der Waals surface area contributed by atoms with Crippen molar-refractivity contribution in [3.05, 3.63) is 0 Å². The Morgan fingerprint density at radius 3 is 2.85 bits per heavy atom. The molecular weight excluding hydrogens is 170 g/mol. The monoisotopic (exact) mass is 185 g/mol. The van der Waals surface area contributed by atoms with E-state index in [1.165, 1.54) is 13.3 Å². The quantitative estimate of drug-likeness (QED) is 0.252. The fourth-order valence-corrected chi connectivity index (χ4v) is 0.912. The number of amides is 1. The molecular formula is C8H15N3O2. The van der Waals surface area contributed by atoms with Gasteiger partial charge in [-0.15, -0.1) is 0 Å². The molecule has 3 N–H and O–H groups in total. The van der Waals surface area contributed by atoms with Crippen LogP contribution in [0.4, 0.5) is 0 Å². The zero-order valence-corrected chi connectivity index (χ0v) is 7.69. The first-order valence-corrected chi connectivity index (χ1v) is 4.13. The van der Waals surface area contributed by atoms with Gasteiger partial charge in [-0.25, -0.2) is 0 Å². The van der Waals surface area contributed by atoms with Crippen molar-refractivity contribution in [3.63, 3.8) is 0 Å². The van der Waals surface area contributed by atoms with Crippen LogP contribution >= 0.6 is 0 Å². The van der Waals surface area contributed by atoms with Crippen LogP contribution in [0.5, 0.6) is 0 Å². The van der Waals surface area contributed by atoms with Crippen LogP contribution in [0.2, 0.25) is 0 Å². The van der Waals surface area contributed by atoms with E-state index in [0.29, 0.717) is 13.0 Å². The second-order valence-electron chi connectivity index (χ2n) is 2.64. The summed E-state index contributed by atoms with van der Waals surface area (Å²) in [4.78, 5) is 24.8. The standard InChI is InChI=1S/C8H15N3O2/c1-7(13)11-8(5-12)3-2-4-10-6-9/h5-6,8H,2-4H2,1H3,(H2,9,10)(H,11,13). The lowest BCUT2D eigenvalue weighted by molar-refractivity contribution is -0.122. The number of carbonyl (C=O) groups is 2. The predicted molar refractivity (Wildman–Crippen MR) is 50.4 cm³/mol. The highest BCUT2D eigenvalue weighted by Gasteiger charge is 2.06. The molecule has 0 saturated heterocycles. The minimum Gasteiger partial charge on any atom is -0.390 e. The molecule has 5 nitrogen and oxygen atoms in total. The number of carbonyl (C=O) groups excluding carboxylic acids is 2. The third kappa shape index (κ3) is 6.99. The predicted octanol–water partition coefficient (Wildman–Crippen LogP) is -0.543. The summed E-state index contributed by atoms with van der Waals surface area (Å²) in [5.41, 5.74) is 5.03. The van der Waals surface area contributed by atoms with Crippen LogP contribution in [-0.2, 0) is 9.59 Å². The highest BCUT2D eigenvalue weighted by molar-refractivity contribution is 5.77. The van der Waals surface area contributed by atoms with Crippen molar-refractivity contribution in [1.29, 1.82) is 0 Å². The third-order valence-corrected chi connectivity index (χ3v) is 1.46. The highest BCUT2D eigenvalue weighted by Crippen LogP contribution is 1.94. The number of aliphatic imine (C=N–C) groups is 1. The Balaban J connectivity index is 3.59. The maximum Gasteiger partial charge on any atom is 0.217 e. The lowest BCUT2D eigenvalue weighted by atomic mass is 10.2. The van der Waals surface area contributed by atoms with E-state index in [4.69, 9.17) is 5.73 Å². The fraction of sp³-hybridized carbons (Fsp3) is 0.625. The van der Waals surface area contributed by atoms with Gasteiger partial charge in [0.2, 0.25) is 5.91 Å². The lowest BCUT2D eigenvalue weighted by Crippen LogP contribution is -2.34. The van der Waals surface area contributed by atoms with Gasteiger partial charge in [-0.2, -0.15) is 0 Å². The Morgan fingerprint density at radius 2 is 2.38 bits per heavy atom. The van der Waals surface area contributed by atoms with E-state index in [2.05, 4.69) is 10.3 Å². The van der Waals surface area contributed by atoms with Gasteiger partial charge in [-0.05, 0) is 12.8 Å². The van der Waals surface area contributed by atoms with Gasteiger partial charge < -0.3 is 15.8 Å². The van der Waals surface area contributed by atoms with Gasteiger partial charge in [-0.3, -0.25) is 9.79 Å². The Hall–Kier alpha value is -1.39. The summed E-state index contributed by atoms with van der Waals surface area (Å²) < 4.78 is 0. The van der Waals surface area contributed by atoms with Crippen LogP contribution < -0.4 is 11.1 Å². The average molecular weight is 185 g/mol. The minimum absolute atomic E-state index is 0.195. The van der Waals surface area contributed by atoms with E-state index < -0.39 is 6.04 Å². The van der Waals surface area contributed by atoms with Crippen LogP contribution in [0.1, 0.15) is 19.8 Å². The van der Waals surface area contributed by atoms with E-state index in [-0.39, 0.29) is 5.91 Å². The largest absolute Gasteiger partial charge is 0.390 e. The smallest absolute Gasteiger partial charge is 0.217 e. The molecule has 0 aliphatic carbocycles. The topological polar surface area (TPSA) is 84.5 Å². The minimum atomic E-state index is -0.398. The van der Waals surface area contributed by atoms with E-state index in [1.54, 1.807) is 0 Å². The van der Waals surface area contributed by atoms with Crippen LogP contribution in [-0.4, -0.2) is 31.1 Å². The molecule has 1 amide bonds. The zero-order valence-electron chi connectivity index (χ0n) is 7.69. The maximum absolute atomic E-state index is 10.6. The summed E-state index contributed by atoms with van der Waals surface area (Å²) >= 11 is 0. The number of hydrogen-bond donors (Lipinski definition) is 2. The Labute approximate surface area is 77.4 Å². The third-order valence-electron chi connectivity index (χ3n) is 1.46. The van der Waals surface area contributed by atoms with Crippen LogP contribution in [0, 0.1) is 0 Å². The van der Waals surface area contributed by atoms with E-state index in [1.807, 2.05) is 0 Å². The number of nitrogens with two attached hydrogens (primary N) is 1. The molecule has 0 aliphatic rings. The van der Waals surface area contributed by atoms with Crippen molar-refractivity contribution < 1.29 is 9.59 Å². The number of rotatable bonds is 6. The van der Waals surface area contributed by atoms with Crippen molar-refractivity contribution in [2.75, 3.05) is 6.54 Å². The fourth-order valence-electron chi connectivity index (χ4n) is 0.912. The molecule has 74 valence electrons. The molecule has 0 aromatic heterocycles. The lowest BCUT2D eigenvalue weighted by Gasteiger charge is -2.09. The van der Waals surface area contributed by atoms with Gasteiger partial charge in [0.25, 0.3) is 0 Å². The molecule has 0 aromatic rings. The second-order valence-corrected chi connectivity index (χ2v) is 2.64. The van der Waals surface area contributed by atoms with Crippen molar-refractivity contribution in [2.24, 2.45) is 10.7 Å². The zero-order chi connectivity index (χ0) is 10.1. The number of hydrogen-bond acceptors (Lipinski definition) is 3. The maximum atomic E-state index is 10.6. The van der Waals surface area contributed by atoms with Crippen molar-refractivity contribution in [3.8, 4) is 0 Å². The van der Waals surface area contributed by atoms with Gasteiger partial charge in [0.05, 0.1) is 12.4 Å². The van der Waals surface area contributed by atoms with Crippen molar-refractivity contribution in [2.45, 2.75) is 25.8 Å². The summed E-state index contributed by atoms with van der Waals surface area (Å²) in [5, 5.41) is 2.52. The first-order chi connectivity index (χ1) is 6.20. The molecule has 0 rings (SSSR count). The van der Waals surface area contributed by atoms with Gasteiger partial charge >= 0.3 is 0 Å². The molecule has 0 radical (unpaired) electrons. The molecule has 0 heterocycles. The highest BCUT2D eigenvalue weighted by atomic mass is 16.2. The van der Waals surface area contributed by atoms with Crippen molar-refractivity contribution in [1.82, 2.24) is 5.32 Å². The molecule has 1 unspecified atom stereocenters. The van der Waals surface area contributed by atoms with Gasteiger partial charge in [0.1, 0.15) is 6.29 Å². The van der Waals surface area contributed by atoms with Gasteiger partial charge in [0, 0.05) is 13.5 Å². The summed E-state index contributed by atoms with van der Waals surface area (Å²) in [7, 11) is 0. The van der Waals surface area contributed by atoms with E-state index in [9.17, 15) is 9.59 Å². The van der Waals surface area contributed by atoms with Crippen LogP contribution in [0.15, 0.2) is 4.99 Å². The number of nitrogens with one attached hydrogen (secondary N) is 1. The molecule has 0 bridgehead atoms. The van der Waals surface area contributed by atoms with E-state index >= 15 is 0 Å². The SMILES string of the molecule is CC(=O)NC(C=O)CCCN=CN. The first-order valence-electron chi connectivity index (χ1n) is 4.13. The molecule has 1 atom stereocenters.